The van der Waals surface area contributed by atoms with Gasteiger partial charge < -0.3 is 4.52 Å². The first kappa shape index (κ1) is 15.0. The number of fused-ring (bicyclic) bond motifs is 1. The van der Waals surface area contributed by atoms with Crippen molar-refractivity contribution < 1.29 is 9.32 Å². The van der Waals surface area contributed by atoms with Gasteiger partial charge in [-0.2, -0.15) is 9.78 Å². The Morgan fingerprint density at radius 3 is 2.32 bits per heavy atom. The highest BCUT2D eigenvalue weighted by molar-refractivity contribution is 5.99. The molecule has 2 aromatic carbocycles. The number of hydrogen-bond donors (Lipinski definition) is 0. The van der Waals surface area contributed by atoms with Gasteiger partial charge in [0.1, 0.15) is 11.5 Å². The van der Waals surface area contributed by atoms with Crippen LogP contribution in [0.4, 0.5) is 0 Å². The van der Waals surface area contributed by atoms with Gasteiger partial charge >= 0.3 is 5.56 Å². The van der Waals surface area contributed by atoms with Gasteiger partial charge in [0, 0.05) is 11.1 Å². The van der Waals surface area contributed by atoms with Gasteiger partial charge in [0.2, 0.25) is 0 Å². The van der Waals surface area contributed by atoms with Gasteiger partial charge in [-0.05, 0) is 19.1 Å². The maximum Gasteiger partial charge on any atom is 0.304 e. The van der Waals surface area contributed by atoms with Crippen LogP contribution in [0.25, 0.3) is 22.2 Å². The van der Waals surface area contributed by atoms with Crippen LogP contribution in [0.15, 0.2) is 70.0 Å². The second-order valence-electron chi connectivity index (χ2n) is 5.57. The molecule has 0 fully saturated rings. The largest absolute Gasteiger partial charge is 0.360 e. The fourth-order valence-electron chi connectivity index (χ4n) is 2.73. The number of carbonyl (C=O) groups excluding carboxylic acids is 1. The van der Waals surface area contributed by atoms with Crippen molar-refractivity contribution in [2.24, 2.45) is 0 Å². The molecule has 0 aliphatic heterocycles. The van der Waals surface area contributed by atoms with E-state index in [2.05, 4.69) is 10.3 Å². The molecule has 0 spiro atoms. The van der Waals surface area contributed by atoms with Crippen LogP contribution in [0.3, 0.4) is 0 Å². The summed E-state index contributed by atoms with van der Waals surface area (Å²) in [4.78, 5) is 25.4. The van der Waals surface area contributed by atoms with E-state index in [1.807, 2.05) is 30.3 Å². The summed E-state index contributed by atoms with van der Waals surface area (Å²) in [7, 11) is 0. The molecule has 0 saturated heterocycles. The fraction of sp³-hybridized carbons (Fsp3) is 0.0526. The Bertz CT molecular complexity index is 1130. The lowest BCUT2D eigenvalue weighted by Gasteiger charge is -2.07. The highest BCUT2D eigenvalue weighted by Crippen LogP contribution is 2.26. The third-order valence-electron chi connectivity index (χ3n) is 3.95. The Hall–Kier alpha value is -3.54. The van der Waals surface area contributed by atoms with Crippen LogP contribution in [-0.4, -0.2) is 20.8 Å². The Morgan fingerprint density at radius 1 is 1.00 bits per heavy atom. The molecule has 2 heterocycles. The molecule has 122 valence electrons. The zero-order valence-corrected chi connectivity index (χ0v) is 13.3. The molecule has 0 saturated carbocycles. The Labute approximate surface area is 142 Å². The maximum atomic E-state index is 12.7. The van der Waals surface area contributed by atoms with Crippen LogP contribution < -0.4 is 5.56 Å². The van der Waals surface area contributed by atoms with Gasteiger partial charge in [-0.3, -0.25) is 9.59 Å². The van der Waals surface area contributed by atoms with Crippen molar-refractivity contribution in [2.75, 3.05) is 0 Å². The number of aromatic nitrogens is 3. The SMILES string of the molecule is Cc1onc2c(=O)n(C(=O)c3ccccc3)nc(-c3ccccc3)c12. The molecule has 4 aromatic rings. The van der Waals surface area contributed by atoms with Crippen molar-refractivity contribution in [3.63, 3.8) is 0 Å². The molecule has 0 radical (unpaired) electrons. The van der Waals surface area contributed by atoms with E-state index in [1.54, 1.807) is 37.3 Å². The van der Waals surface area contributed by atoms with Crippen molar-refractivity contribution in [2.45, 2.75) is 6.92 Å². The number of benzene rings is 2. The maximum absolute atomic E-state index is 12.7. The molecule has 25 heavy (non-hydrogen) atoms. The zero-order chi connectivity index (χ0) is 17.4. The molecule has 0 N–H and O–H groups in total. The quantitative estimate of drug-likeness (QED) is 0.564. The lowest BCUT2D eigenvalue weighted by Crippen LogP contribution is -2.30. The van der Waals surface area contributed by atoms with Gasteiger partial charge in [-0.1, -0.05) is 53.7 Å². The van der Waals surface area contributed by atoms with Gasteiger partial charge in [-0.15, -0.1) is 0 Å². The van der Waals surface area contributed by atoms with Crippen LogP contribution in [0.5, 0.6) is 0 Å². The van der Waals surface area contributed by atoms with Gasteiger partial charge in [-0.25, -0.2) is 0 Å². The summed E-state index contributed by atoms with van der Waals surface area (Å²) in [6.07, 6.45) is 0. The normalized spacial score (nSPS) is 10.9. The molecule has 0 amide bonds. The summed E-state index contributed by atoms with van der Waals surface area (Å²) in [6.45, 7) is 1.71. The van der Waals surface area contributed by atoms with Crippen molar-refractivity contribution >= 4 is 16.8 Å². The predicted molar refractivity (Wildman–Crippen MR) is 92.4 cm³/mol. The Morgan fingerprint density at radius 2 is 1.64 bits per heavy atom. The monoisotopic (exact) mass is 331 g/mol. The molecule has 0 atom stereocenters. The molecular formula is C19H13N3O3. The highest BCUT2D eigenvalue weighted by Gasteiger charge is 2.22. The third-order valence-corrected chi connectivity index (χ3v) is 3.95. The number of rotatable bonds is 2. The Kier molecular flexibility index (Phi) is 3.50. The first-order valence-electron chi connectivity index (χ1n) is 7.71. The summed E-state index contributed by atoms with van der Waals surface area (Å²) >= 11 is 0. The lowest BCUT2D eigenvalue weighted by atomic mass is 10.1. The molecule has 2 aromatic heterocycles. The third kappa shape index (κ3) is 2.44. The predicted octanol–water partition coefficient (Wildman–Crippen LogP) is 3.05. The topological polar surface area (TPSA) is 78.0 Å². The van der Waals surface area contributed by atoms with E-state index in [0.717, 1.165) is 10.2 Å². The van der Waals surface area contributed by atoms with Crippen LogP contribution in [0.1, 0.15) is 16.1 Å². The highest BCUT2D eigenvalue weighted by atomic mass is 16.5. The molecule has 0 bridgehead atoms. The van der Waals surface area contributed by atoms with E-state index in [0.29, 0.717) is 22.4 Å². The van der Waals surface area contributed by atoms with Gasteiger partial charge in [0.05, 0.1) is 5.39 Å². The second kappa shape index (κ2) is 5.83. The summed E-state index contributed by atoms with van der Waals surface area (Å²) in [5.74, 6) is -0.0249. The number of aryl methyl sites for hydroxylation is 1. The van der Waals surface area contributed by atoms with Crippen molar-refractivity contribution in [3.05, 3.63) is 82.3 Å². The number of carbonyl (C=O) groups is 1. The van der Waals surface area contributed by atoms with E-state index in [4.69, 9.17) is 4.52 Å². The van der Waals surface area contributed by atoms with Crippen molar-refractivity contribution in [3.8, 4) is 11.3 Å². The summed E-state index contributed by atoms with van der Waals surface area (Å²) in [5, 5.41) is 8.70. The number of hydrogen-bond acceptors (Lipinski definition) is 5. The van der Waals surface area contributed by atoms with E-state index < -0.39 is 11.5 Å². The average Bonchev–Trinajstić information content (AvgIpc) is 3.05. The minimum absolute atomic E-state index is 0.0932. The minimum atomic E-state index is -0.597. The minimum Gasteiger partial charge on any atom is -0.360 e. The van der Waals surface area contributed by atoms with E-state index in [-0.39, 0.29) is 5.52 Å². The molecule has 6 heteroatoms. The van der Waals surface area contributed by atoms with E-state index >= 15 is 0 Å². The molecule has 0 unspecified atom stereocenters. The first-order chi connectivity index (χ1) is 12.2. The zero-order valence-electron chi connectivity index (χ0n) is 13.3. The summed E-state index contributed by atoms with van der Waals surface area (Å²) < 4.78 is 6.03. The van der Waals surface area contributed by atoms with E-state index in [1.165, 1.54) is 0 Å². The average molecular weight is 331 g/mol. The molecular weight excluding hydrogens is 318 g/mol. The fourth-order valence-corrected chi connectivity index (χ4v) is 2.73. The Balaban J connectivity index is 2.03. The van der Waals surface area contributed by atoms with Gasteiger partial charge in [0.15, 0.2) is 5.52 Å². The molecule has 6 nitrogen and oxygen atoms in total. The first-order valence-corrected chi connectivity index (χ1v) is 7.71. The van der Waals surface area contributed by atoms with E-state index in [9.17, 15) is 9.59 Å². The standard InChI is InChI=1S/C19H13N3O3/c1-12-15-16(13-8-4-2-5-9-13)20-22(19(24)17(15)21-25-12)18(23)14-10-6-3-7-11-14/h2-11H,1H3. The number of nitrogens with zero attached hydrogens (tertiary/aromatic N) is 3. The van der Waals surface area contributed by atoms with Crippen LogP contribution in [0.2, 0.25) is 0 Å². The molecule has 4 rings (SSSR count). The summed E-state index contributed by atoms with van der Waals surface area (Å²) in [5.41, 5.74) is 1.12. The van der Waals surface area contributed by atoms with Crippen LogP contribution in [-0.2, 0) is 0 Å². The van der Waals surface area contributed by atoms with Crippen molar-refractivity contribution in [1.82, 2.24) is 14.9 Å². The van der Waals surface area contributed by atoms with Crippen LogP contribution >= 0.6 is 0 Å². The molecule has 0 aliphatic carbocycles. The summed E-state index contributed by atoms with van der Waals surface area (Å²) in [6, 6.07) is 17.9. The second-order valence-corrected chi connectivity index (χ2v) is 5.57. The van der Waals surface area contributed by atoms with Crippen molar-refractivity contribution in [1.29, 1.82) is 0 Å². The molecule has 0 aliphatic rings. The smallest absolute Gasteiger partial charge is 0.304 e. The van der Waals surface area contributed by atoms with Crippen LogP contribution in [0, 0.1) is 6.92 Å². The van der Waals surface area contributed by atoms with Gasteiger partial charge in [0.25, 0.3) is 5.91 Å². The lowest BCUT2D eigenvalue weighted by molar-refractivity contribution is 0.0940.